The van der Waals surface area contributed by atoms with Crippen molar-refractivity contribution in [3.8, 4) is 0 Å². The molecule has 12 heteroatoms. The number of carbonyl (C=O) groups is 1. The van der Waals surface area contributed by atoms with Crippen LogP contribution in [0, 0.1) is 11.3 Å². The van der Waals surface area contributed by atoms with Gasteiger partial charge in [0.05, 0.1) is 29.3 Å². The summed E-state index contributed by atoms with van der Waals surface area (Å²) in [4.78, 5) is 28.7. The van der Waals surface area contributed by atoms with Crippen molar-refractivity contribution in [1.82, 2.24) is 4.57 Å². The van der Waals surface area contributed by atoms with Gasteiger partial charge in [-0.05, 0) is 80.7 Å². The van der Waals surface area contributed by atoms with E-state index < -0.39 is 46.2 Å². The number of aromatic nitrogens is 1. The number of halogens is 2. The van der Waals surface area contributed by atoms with E-state index in [9.17, 15) is 26.8 Å². The van der Waals surface area contributed by atoms with Crippen LogP contribution in [0.15, 0.2) is 41.3 Å². The minimum Gasteiger partial charge on any atom is -0.395 e. The van der Waals surface area contributed by atoms with Gasteiger partial charge in [0.15, 0.2) is 0 Å². The van der Waals surface area contributed by atoms with Gasteiger partial charge >= 0.3 is 0 Å². The van der Waals surface area contributed by atoms with Crippen LogP contribution in [0.5, 0.6) is 0 Å². The molecule has 2 saturated carbocycles. The maximum Gasteiger partial charge on any atom is 0.274 e. The summed E-state index contributed by atoms with van der Waals surface area (Å²) in [7, 11) is -3.76. The third-order valence-electron chi connectivity index (χ3n) is 8.42. The number of hydrogen-bond acceptors (Lipinski definition) is 6. The fourth-order valence-corrected chi connectivity index (χ4v) is 6.68. The van der Waals surface area contributed by atoms with E-state index >= 15 is 0 Å². The van der Waals surface area contributed by atoms with Crippen molar-refractivity contribution >= 4 is 33.0 Å². The van der Waals surface area contributed by atoms with E-state index in [1.807, 2.05) is 0 Å². The number of sulfonamides is 1. The molecule has 3 aliphatic rings. The Morgan fingerprint density at radius 1 is 1.13 bits per heavy atom. The van der Waals surface area contributed by atoms with Crippen molar-refractivity contribution in [2.45, 2.75) is 57.4 Å². The van der Waals surface area contributed by atoms with Gasteiger partial charge in [0.1, 0.15) is 5.69 Å². The van der Waals surface area contributed by atoms with Gasteiger partial charge in [0.2, 0.25) is 16.4 Å². The number of benzene rings is 1. The first-order valence-corrected chi connectivity index (χ1v) is 15.1. The quantitative estimate of drug-likeness (QED) is 0.426. The minimum absolute atomic E-state index is 0.0530. The first kappa shape index (κ1) is 27.6. The van der Waals surface area contributed by atoms with Gasteiger partial charge in [-0.3, -0.25) is 14.3 Å². The molecule has 3 fully saturated rings. The molecular weight excluding hydrogens is 530 g/mol. The number of anilines is 3. The Morgan fingerprint density at radius 2 is 1.87 bits per heavy atom. The van der Waals surface area contributed by atoms with Crippen LogP contribution >= 0.6 is 0 Å². The smallest absolute Gasteiger partial charge is 0.274 e. The molecule has 1 aromatic carbocycles. The van der Waals surface area contributed by atoms with E-state index in [1.165, 1.54) is 35.6 Å². The monoisotopic (exact) mass is 564 g/mol. The fourth-order valence-electron chi connectivity index (χ4n) is 5.85. The number of aliphatic hydroxyl groups excluding tert-OH is 1. The van der Waals surface area contributed by atoms with E-state index in [4.69, 9.17) is 5.11 Å². The standard InChI is InChI=1S/C27H34F2N4O5S/c28-24(29)18-3-5-20(16-18)33-11-1-2-22(26(33)36)30-25(35)21-6-4-19(31-39(37,38)15-14-34)17-23(21)32-12-9-27(7-8-27)10-13-32/h1-2,4,6,11,17-18,20,24,31,34H,3,5,7-10,12-16H2,(H,30,35)/t18-,20+/m0/s1. The third-order valence-corrected chi connectivity index (χ3v) is 9.68. The van der Waals surface area contributed by atoms with Gasteiger partial charge in [-0.25, -0.2) is 17.2 Å². The number of aliphatic hydroxyl groups is 1. The van der Waals surface area contributed by atoms with Crippen LogP contribution in [0.4, 0.5) is 25.8 Å². The SMILES string of the molecule is O=C(Nc1cccn([C@@H]2CC[C@H](C(F)F)C2)c1=O)c1ccc(NS(=O)(=O)CCO)cc1N1CCC2(CC1)CC2. The number of nitrogens with zero attached hydrogens (tertiary/aromatic N) is 2. The molecule has 1 saturated heterocycles. The Labute approximate surface area is 226 Å². The molecule has 0 radical (unpaired) electrons. The average Bonchev–Trinajstić information content (AvgIpc) is 3.45. The lowest BCUT2D eigenvalue weighted by Crippen LogP contribution is -2.36. The number of nitrogens with one attached hydrogen (secondary N) is 2. The molecule has 9 nitrogen and oxygen atoms in total. The Morgan fingerprint density at radius 3 is 2.51 bits per heavy atom. The summed E-state index contributed by atoms with van der Waals surface area (Å²) in [5.74, 6) is -1.71. The molecule has 0 bridgehead atoms. The molecule has 1 aromatic heterocycles. The highest BCUT2D eigenvalue weighted by atomic mass is 32.2. The van der Waals surface area contributed by atoms with E-state index in [0.29, 0.717) is 29.5 Å². The summed E-state index contributed by atoms with van der Waals surface area (Å²) in [5, 5.41) is 11.8. The molecule has 2 aliphatic carbocycles. The molecule has 2 atom stereocenters. The van der Waals surface area contributed by atoms with Crippen molar-refractivity contribution in [2.24, 2.45) is 11.3 Å². The van der Waals surface area contributed by atoms with Crippen molar-refractivity contribution in [3.05, 3.63) is 52.4 Å². The third kappa shape index (κ3) is 6.11. The number of hydrogen-bond donors (Lipinski definition) is 3. The van der Waals surface area contributed by atoms with Crippen molar-refractivity contribution in [2.75, 3.05) is 40.4 Å². The van der Waals surface area contributed by atoms with Gasteiger partial charge in [-0.15, -0.1) is 0 Å². The molecule has 212 valence electrons. The Bertz CT molecular complexity index is 1380. The minimum atomic E-state index is -3.76. The zero-order chi connectivity index (χ0) is 27.8. The maximum atomic E-state index is 13.5. The first-order chi connectivity index (χ1) is 18.6. The Hall–Kier alpha value is -2.99. The van der Waals surface area contributed by atoms with Gasteiger partial charge in [-0.2, -0.15) is 0 Å². The normalized spacial score (nSPS) is 22.3. The lowest BCUT2D eigenvalue weighted by molar-refractivity contribution is 0.0786. The lowest BCUT2D eigenvalue weighted by Gasteiger charge is -2.35. The van der Waals surface area contributed by atoms with Crippen LogP contribution in [-0.4, -0.2) is 55.9 Å². The van der Waals surface area contributed by atoms with Crippen LogP contribution in [0.3, 0.4) is 0 Å². The number of carbonyl (C=O) groups excluding carboxylic acids is 1. The van der Waals surface area contributed by atoms with Crippen LogP contribution in [-0.2, 0) is 10.0 Å². The zero-order valence-electron chi connectivity index (χ0n) is 21.6. The predicted octanol–water partition coefficient (Wildman–Crippen LogP) is 3.82. The molecule has 39 heavy (non-hydrogen) atoms. The Kier molecular flexibility index (Phi) is 7.69. The van der Waals surface area contributed by atoms with E-state index in [1.54, 1.807) is 18.3 Å². The van der Waals surface area contributed by atoms with Crippen LogP contribution in [0.2, 0.25) is 0 Å². The Balaban J connectivity index is 1.40. The molecule has 2 aromatic rings. The zero-order valence-corrected chi connectivity index (χ0v) is 22.4. The molecule has 5 rings (SSSR count). The van der Waals surface area contributed by atoms with Gasteiger partial charge in [0, 0.05) is 31.2 Å². The van der Waals surface area contributed by atoms with Crippen molar-refractivity contribution < 1.29 is 27.1 Å². The topological polar surface area (TPSA) is 121 Å². The summed E-state index contributed by atoms with van der Waals surface area (Å²) in [6, 6.07) is 7.37. The highest BCUT2D eigenvalue weighted by molar-refractivity contribution is 7.92. The molecule has 1 amide bonds. The second-order valence-corrected chi connectivity index (χ2v) is 12.9. The highest BCUT2D eigenvalue weighted by Gasteiger charge is 2.44. The number of pyridine rings is 1. The summed E-state index contributed by atoms with van der Waals surface area (Å²) < 4.78 is 54.7. The summed E-state index contributed by atoms with van der Waals surface area (Å²) in [5.41, 5.74) is 1.11. The second-order valence-electron chi connectivity index (χ2n) is 11.0. The second kappa shape index (κ2) is 10.9. The predicted molar refractivity (Wildman–Crippen MR) is 145 cm³/mol. The van der Waals surface area contributed by atoms with Gasteiger partial charge in [0.25, 0.3) is 11.5 Å². The molecular formula is C27H34F2N4O5S. The average molecular weight is 565 g/mol. The maximum absolute atomic E-state index is 13.5. The number of amides is 1. The van der Waals surface area contributed by atoms with Gasteiger partial charge in [-0.1, -0.05) is 0 Å². The number of alkyl halides is 2. The molecule has 1 spiro atoms. The lowest BCUT2D eigenvalue weighted by atomic mass is 9.93. The largest absolute Gasteiger partial charge is 0.395 e. The van der Waals surface area contributed by atoms with E-state index in [2.05, 4.69) is 14.9 Å². The summed E-state index contributed by atoms with van der Waals surface area (Å²) in [6.45, 7) is 0.922. The fraction of sp³-hybridized carbons (Fsp3) is 0.556. The molecule has 2 heterocycles. The van der Waals surface area contributed by atoms with Crippen LogP contribution in [0.25, 0.3) is 0 Å². The highest BCUT2D eigenvalue weighted by Crippen LogP contribution is 2.54. The molecule has 0 unspecified atom stereocenters. The summed E-state index contributed by atoms with van der Waals surface area (Å²) >= 11 is 0. The van der Waals surface area contributed by atoms with E-state index in [0.717, 1.165) is 25.9 Å². The molecule has 3 N–H and O–H groups in total. The summed E-state index contributed by atoms with van der Waals surface area (Å²) in [6.07, 6.45) is 4.55. The number of piperidine rings is 1. The first-order valence-electron chi connectivity index (χ1n) is 13.4. The van der Waals surface area contributed by atoms with Crippen LogP contribution in [0.1, 0.15) is 61.3 Å². The molecule has 1 aliphatic heterocycles. The van der Waals surface area contributed by atoms with Crippen molar-refractivity contribution in [3.63, 3.8) is 0 Å². The van der Waals surface area contributed by atoms with Crippen LogP contribution < -0.4 is 20.5 Å². The number of rotatable bonds is 9. The van der Waals surface area contributed by atoms with Crippen molar-refractivity contribution in [1.29, 1.82) is 0 Å². The van der Waals surface area contributed by atoms with Gasteiger partial charge < -0.3 is 19.9 Å². The van der Waals surface area contributed by atoms with E-state index in [-0.39, 0.29) is 23.8 Å².